The first kappa shape index (κ1) is 14.3. The summed E-state index contributed by atoms with van der Waals surface area (Å²) in [6.07, 6.45) is 5.23. The zero-order valence-corrected chi connectivity index (χ0v) is 13.3. The Balaban J connectivity index is 1.83. The van der Waals surface area contributed by atoms with Gasteiger partial charge in [0.1, 0.15) is 5.82 Å². The topological polar surface area (TPSA) is 28.2 Å². The van der Waals surface area contributed by atoms with Gasteiger partial charge in [0, 0.05) is 17.5 Å². The minimum atomic E-state index is 0.291. The molecule has 1 aliphatic carbocycles. The predicted molar refractivity (Wildman–Crippen MR) is 89.9 cm³/mol. The van der Waals surface area contributed by atoms with Crippen molar-refractivity contribution in [3.8, 4) is 0 Å². The highest BCUT2D eigenvalue weighted by molar-refractivity contribution is 5.81. The number of fused-ring (bicyclic) bond motifs is 1. The molecule has 0 atom stereocenters. The Morgan fingerprint density at radius 1 is 1.19 bits per heavy atom. The second kappa shape index (κ2) is 5.64. The number of anilines is 1. The Hall–Kier alpha value is -1.61. The van der Waals surface area contributed by atoms with Crippen molar-refractivity contribution >= 4 is 16.7 Å². The zero-order chi connectivity index (χ0) is 14.9. The third-order valence-electron chi connectivity index (χ3n) is 4.98. The van der Waals surface area contributed by atoms with Gasteiger partial charge in [-0.05, 0) is 51.6 Å². The van der Waals surface area contributed by atoms with Gasteiger partial charge in [0.15, 0.2) is 0 Å². The van der Waals surface area contributed by atoms with Crippen LogP contribution in [-0.2, 0) is 0 Å². The Kier molecular flexibility index (Phi) is 3.85. The van der Waals surface area contributed by atoms with E-state index in [0.29, 0.717) is 5.54 Å². The highest BCUT2D eigenvalue weighted by Crippen LogP contribution is 2.34. The van der Waals surface area contributed by atoms with Gasteiger partial charge in [-0.2, -0.15) is 0 Å². The number of rotatable bonds is 4. The van der Waals surface area contributed by atoms with E-state index in [2.05, 4.69) is 55.5 Å². The van der Waals surface area contributed by atoms with Crippen LogP contribution in [0.1, 0.15) is 31.2 Å². The summed E-state index contributed by atoms with van der Waals surface area (Å²) in [4.78, 5) is 7.19. The summed E-state index contributed by atoms with van der Waals surface area (Å²) < 4.78 is 0. The number of nitrogens with one attached hydrogen (secondary N) is 1. The zero-order valence-electron chi connectivity index (χ0n) is 13.3. The van der Waals surface area contributed by atoms with Crippen molar-refractivity contribution in [3.05, 3.63) is 35.9 Å². The van der Waals surface area contributed by atoms with E-state index in [9.17, 15) is 0 Å². The molecular formula is C18H25N3. The Morgan fingerprint density at radius 2 is 1.90 bits per heavy atom. The molecule has 2 aromatic rings. The van der Waals surface area contributed by atoms with Gasteiger partial charge in [0.25, 0.3) is 0 Å². The smallest absolute Gasteiger partial charge is 0.129 e. The van der Waals surface area contributed by atoms with Crippen molar-refractivity contribution in [1.82, 2.24) is 9.88 Å². The second-order valence-electron chi connectivity index (χ2n) is 6.53. The average Bonchev–Trinajstić information content (AvgIpc) is 2.95. The second-order valence-corrected chi connectivity index (χ2v) is 6.53. The van der Waals surface area contributed by atoms with Crippen LogP contribution in [0.4, 0.5) is 5.82 Å². The lowest BCUT2D eigenvalue weighted by Gasteiger charge is -2.36. The third-order valence-corrected chi connectivity index (χ3v) is 4.98. The van der Waals surface area contributed by atoms with Gasteiger partial charge in [0.2, 0.25) is 0 Å². The number of benzene rings is 1. The van der Waals surface area contributed by atoms with E-state index in [1.165, 1.54) is 36.6 Å². The molecule has 0 bridgehead atoms. The Bertz CT molecular complexity index is 627. The molecule has 1 aromatic heterocycles. The molecule has 1 saturated carbocycles. The van der Waals surface area contributed by atoms with Crippen LogP contribution in [-0.4, -0.2) is 36.1 Å². The van der Waals surface area contributed by atoms with E-state index < -0.39 is 0 Å². The number of nitrogens with zero attached hydrogens (tertiary/aromatic N) is 2. The SMILES string of the molecule is Cc1cc2ccccc2nc1NCC1(N(C)C)CCCC1. The normalized spacial score (nSPS) is 17.5. The maximum atomic E-state index is 4.80. The van der Waals surface area contributed by atoms with Crippen molar-refractivity contribution in [2.24, 2.45) is 0 Å². The lowest BCUT2D eigenvalue weighted by atomic mass is 9.96. The standard InChI is InChI=1S/C18H25N3/c1-14-12-15-8-4-5-9-16(15)20-17(14)19-13-18(21(2)3)10-6-7-11-18/h4-5,8-9,12H,6-7,10-11,13H2,1-3H3,(H,19,20). The van der Waals surface area contributed by atoms with E-state index in [0.717, 1.165) is 17.9 Å². The van der Waals surface area contributed by atoms with Crippen LogP contribution in [0.25, 0.3) is 10.9 Å². The first-order chi connectivity index (χ1) is 10.1. The quantitative estimate of drug-likeness (QED) is 0.924. The van der Waals surface area contributed by atoms with E-state index in [1.54, 1.807) is 0 Å². The highest BCUT2D eigenvalue weighted by atomic mass is 15.2. The lowest BCUT2D eigenvalue weighted by molar-refractivity contribution is 0.172. The number of aryl methyl sites for hydroxylation is 1. The number of para-hydroxylation sites is 1. The summed E-state index contributed by atoms with van der Waals surface area (Å²) >= 11 is 0. The molecule has 1 fully saturated rings. The van der Waals surface area contributed by atoms with Crippen molar-refractivity contribution in [3.63, 3.8) is 0 Å². The fourth-order valence-electron chi connectivity index (χ4n) is 3.46. The summed E-state index contributed by atoms with van der Waals surface area (Å²) in [5.41, 5.74) is 2.58. The van der Waals surface area contributed by atoms with Crippen LogP contribution >= 0.6 is 0 Å². The number of hydrogen-bond acceptors (Lipinski definition) is 3. The molecular weight excluding hydrogens is 258 g/mol. The molecule has 0 aliphatic heterocycles. The molecule has 112 valence electrons. The van der Waals surface area contributed by atoms with Crippen LogP contribution in [0, 0.1) is 6.92 Å². The van der Waals surface area contributed by atoms with Gasteiger partial charge in [-0.1, -0.05) is 31.0 Å². The maximum Gasteiger partial charge on any atom is 0.129 e. The Labute approximate surface area is 127 Å². The van der Waals surface area contributed by atoms with E-state index in [-0.39, 0.29) is 0 Å². The summed E-state index contributed by atoms with van der Waals surface area (Å²) in [7, 11) is 4.40. The molecule has 0 amide bonds. The van der Waals surface area contributed by atoms with Crippen molar-refractivity contribution in [1.29, 1.82) is 0 Å². The molecule has 0 radical (unpaired) electrons. The summed E-state index contributed by atoms with van der Waals surface area (Å²) in [5, 5.41) is 4.83. The van der Waals surface area contributed by atoms with Crippen LogP contribution in [0.3, 0.4) is 0 Å². The molecule has 1 aliphatic rings. The van der Waals surface area contributed by atoms with Crippen LogP contribution in [0.5, 0.6) is 0 Å². The number of likely N-dealkylation sites (N-methyl/N-ethyl adjacent to an activating group) is 1. The van der Waals surface area contributed by atoms with Gasteiger partial charge in [-0.15, -0.1) is 0 Å². The molecule has 0 unspecified atom stereocenters. The molecule has 3 nitrogen and oxygen atoms in total. The highest BCUT2D eigenvalue weighted by Gasteiger charge is 2.35. The number of aromatic nitrogens is 1. The average molecular weight is 283 g/mol. The van der Waals surface area contributed by atoms with Gasteiger partial charge >= 0.3 is 0 Å². The van der Waals surface area contributed by atoms with Gasteiger partial charge in [-0.3, -0.25) is 0 Å². The molecule has 1 aromatic carbocycles. The van der Waals surface area contributed by atoms with Crippen molar-refractivity contribution in [2.75, 3.05) is 26.0 Å². The fourth-order valence-corrected chi connectivity index (χ4v) is 3.46. The number of hydrogen-bond donors (Lipinski definition) is 1. The predicted octanol–water partition coefficient (Wildman–Crippen LogP) is 3.83. The molecule has 3 rings (SSSR count). The van der Waals surface area contributed by atoms with Crippen molar-refractivity contribution < 1.29 is 0 Å². The monoisotopic (exact) mass is 283 g/mol. The van der Waals surface area contributed by atoms with E-state index in [4.69, 9.17) is 4.98 Å². The molecule has 0 saturated heterocycles. The summed E-state index contributed by atoms with van der Waals surface area (Å²) in [6, 6.07) is 10.5. The number of pyridine rings is 1. The first-order valence-electron chi connectivity index (χ1n) is 7.88. The fraction of sp³-hybridized carbons (Fsp3) is 0.500. The maximum absolute atomic E-state index is 4.80. The van der Waals surface area contributed by atoms with Gasteiger partial charge in [-0.25, -0.2) is 4.98 Å². The first-order valence-corrected chi connectivity index (χ1v) is 7.88. The minimum Gasteiger partial charge on any atom is -0.368 e. The molecule has 3 heteroatoms. The molecule has 1 N–H and O–H groups in total. The summed E-state index contributed by atoms with van der Waals surface area (Å²) in [6.45, 7) is 3.12. The molecule has 0 spiro atoms. The lowest BCUT2D eigenvalue weighted by Crippen LogP contribution is -2.47. The van der Waals surface area contributed by atoms with E-state index >= 15 is 0 Å². The third kappa shape index (κ3) is 2.75. The largest absolute Gasteiger partial charge is 0.368 e. The summed E-state index contributed by atoms with van der Waals surface area (Å²) in [5.74, 6) is 1.03. The molecule has 21 heavy (non-hydrogen) atoms. The van der Waals surface area contributed by atoms with Gasteiger partial charge < -0.3 is 10.2 Å². The van der Waals surface area contributed by atoms with Crippen molar-refractivity contribution in [2.45, 2.75) is 38.1 Å². The van der Waals surface area contributed by atoms with Gasteiger partial charge in [0.05, 0.1) is 5.52 Å². The van der Waals surface area contributed by atoms with Crippen LogP contribution < -0.4 is 5.32 Å². The van der Waals surface area contributed by atoms with Crippen LogP contribution in [0.15, 0.2) is 30.3 Å². The Morgan fingerprint density at radius 3 is 2.62 bits per heavy atom. The van der Waals surface area contributed by atoms with Crippen LogP contribution in [0.2, 0.25) is 0 Å². The molecule has 1 heterocycles. The minimum absolute atomic E-state index is 0.291. The van der Waals surface area contributed by atoms with E-state index in [1.807, 2.05) is 6.07 Å².